The van der Waals surface area contributed by atoms with Crippen molar-refractivity contribution in [2.75, 3.05) is 19.6 Å². The minimum atomic E-state index is 0.731. The van der Waals surface area contributed by atoms with Gasteiger partial charge in [0.2, 0.25) is 0 Å². The van der Waals surface area contributed by atoms with Crippen LogP contribution in [0.5, 0.6) is 0 Å². The van der Waals surface area contributed by atoms with Crippen molar-refractivity contribution >= 4 is 0 Å². The molecular weight excluding hydrogens is 232 g/mol. The van der Waals surface area contributed by atoms with Crippen LogP contribution in [0.3, 0.4) is 0 Å². The summed E-state index contributed by atoms with van der Waals surface area (Å²) in [5.41, 5.74) is 1.37. The maximum Gasteiger partial charge on any atom is 0.0206 e. The zero-order chi connectivity index (χ0) is 13.7. The smallest absolute Gasteiger partial charge is 0.0206 e. The Balaban J connectivity index is 1.70. The monoisotopic (exact) mass is 260 g/mol. The van der Waals surface area contributed by atoms with E-state index in [-0.39, 0.29) is 0 Å². The number of nitrogens with one attached hydrogen (secondary N) is 1. The first-order valence-corrected chi connectivity index (χ1v) is 7.65. The summed E-state index contributed by atoms with van der Waals surface area (Å²) in [7, 11) is 0. The third kappa shape index (κ3) is 4.32. The Morgan fingerprint density at radius 1 is 1.16 bits per heavy atom. The van der Waals surface area contributed by atoms with Crippen LogP contribution in [0.15, 0.2) is 30.3 Å². The summed E-state index contributed by atoms with van der Waals surface area (Å²) in [4.78, 5) is 2.65. The first-order chi connectivity index (χ1) is 9.16. The Kier molecular flexibility index (Phi) is 5.41. The van der Waals surface area contributed by atoms with E-state index in [9.17, 15) is 0 Å². The van der Waals surface area contributed by atoms with Crippen LogP contribution < -0.4 is 5.32 Å². The highest BCUT2D eigenvalue weighted by atomic mass is 15.2. The van der Waals surface area contributed by atoms with E-state index < -0.39 is 0 Å². The summed E-state index contributed by atoms with van der Waals surface area (Å²) in [5, 5.41) is 3.56. The molecule has 0 aromatic heterocycles. The molecule has 3 atom stereocenters. The Hall–Kier alpha value is -0.860. The van der Waals surface area contributed by atoms with E-state index in [1.807, 2.05) is 0 Å². The first-order valence-electron chi connectivity index (χ1n) is 7.65. The second-order valence-electron chi connectivity index (χ2n) is 6.22. The van der Waals surface area contributed by atoms with Gasteiger partial charge in [0.25, 0.3) is 0 Å². The summed E-state index contributed by atoms with van der Waals surface area (Å²) >= 11 is 0. The normalized spacial score (nSPS) is 28.5. The van der Waals surface area contributed by atoms with E-state index in [1.165, 1.54) is 25.1 Å². The fourth-order valence-electron chi connectivity index (χ4n) is 3.18. The highest BCUT2D eigenvalue weighted by Crippen LogP contribution is 2.26. The third-order valence-electron chi connectivity index (χ3n) is 4.47. The summed E-state index contributed by atoms with van der Waals surface area (Å²) in [6.07, 6.45) is 1.38. The molecule has 0 bridgehead atoms. The predicted molar refractivity (Wildman–Crippen MR) is 82.1 cm³/mol. The average molecular weight is 260 g/mol. The van der Waals surface area contributed by atoms with Gasteiger partial charge in [0.1, 0.15) is 0 Å². The number of hydrogen-bond acceptors (Lipinski definition) is 2. The van der Waals surface area contributed by atoms with Crippen LogP contribution in [0.2, 0.25) is 0 Å². The van der Waals surface area contributed by atoms with E-state index in [4.69, 9.17) is 0 Å². The summed E-state index contributed by atoms with van der Waals surface area (Å²) in [5.74, 6) is 1.68. The van der Waals surface area contributed by atoms with Gasteiger partial charge in [-0.15, -0.1) is 0 Å². The molecular formula is C17H28N2. The molecule has 0 spiro atoms. The van der Waals surface area contributed by atoms with Gasteiger partial charge >= 0.3 is 0 Å². The van der Waals surface area contributed by atoms with Crippen LogP contribution in [-0.4, -0.2) is 30.6 Å². The molecule has 106 valence electrons. The third-order valence-corrected chi connectivity index (χ3v) is 4.47. The van der Waals surface area contributed by atoms with Crippen LogP contribution in [0.4, 0.5) is 0 Å². The van der Waals surface area contributed by atoms with E-state index in [1.54, 1.807) is 0 Å². The number of rotatable bonds is 5. The van der Waals surface area contributed by atoms with Gasteiger partial charge in [0.15, 0.2) is 0 Å². The van der Waals surface area contributed by atoms with Crippen LogP contribution in [0.25, 0.3) is 0 Å². The lowest BCUT2D eigenvalue weighted by molar-refractivity contribution is 0.0807. The molecule has 1 fully saturated rings. The average Bonchev–Trinajstić information content (AvgIpc) is 2.41. The molecule has 2 nitrogen and oxygen atoms in total. The SMILES string of the molecule is CC1CC(C)C(C)N(CCNCc2ccccc2)C1. The highest BCUT2D eigenvalue weighted by Gasteiger charge is 2.27. The zero-order valence-corrected chi connectivity index (χ0v) is 12.6. The molecule has 0 aliphatic carbocycles. The minimum absolute atomic E-state index is 0.731. The summed E-state index contributed by atoms with van der Waals surface area (Å²) in [6.45, 7) is 11.7. The molecule has 1 heterocycles. The molecule has 1 aromatic rings. The number of likely N-dealkylation sites (tertiary alicyclic amines) is 1. The number of piperidine rings is 1. The highest BCUT2D eigenvalue weighted by molar-refractivity contribution is 5.14. The molecule has 1 N–H and O–H groups in total. The second-order valence-corrected chi connectivity index (χ2v) is 6.22. The summed E-state index contributed by atoms with van der Waals surface area (Å²) in [6, 6.07) is 11.4. The van der Waals surface area contributed by atoms with E-state index in [0.717, 1.165) is 31.0 Å². The lowest BCUT2D eigenvalue weighted by Crippen LogP contribution is -2.47. The molecule has 0 amide bonds. The largest absolute Gasteiger partial charge is 0.311 e. The molecule has 1 saturated heterocycles. The van der Waals surface area contributed by atoms with Crippen molar-refractivity contribution in [3.05, 3.63) is 35.9 Å². The van der Waals surface area contributed by atoms with Crippen LogP contribution in [-0.2, 0) is 6.54 Å². The van der Waals surface area contributed by atoms with Gasteiger partial charge in [0, 0.05) is 32.2 Å². The molecule has 0 radical (unpaired) electrons. The Bertz CT molecular complexity index is 363. The quantitative estimate of drug-likeness (QED) is 0.818. The number of nitrogens with zero attached hydrogens (tertiary/aromatic N) is 1. The molecule has 1 aromatic carbocycles. The molecule has 2 rings (SSSR count). The van der Waals surface area contributed by atoms with Gasteiger partial charge in [0.05, 0.1) is 0 Å². The maximum atomic E-state index is 3.56. The van der Waals surface area contributed by atoms with Gasteiger partial charge in [-0.2, -0.15) is 0 Å². The summed E-state index contributed by atoms with van der Waals surface area (Å²) < 4.78 is 0. The van der Waals surface area contributed by atoms with Crippen molar-refractivity contribution in [2.24, 2.45) is 11.8 Å². The van der Waals surface area contributed by atoms with Gasteiger partial charge < -0.3 is 5.32 Å². The van der Waals surface area contributed by atoms with Crippen molar-refractivity contribution in [2.45, 2.75) is 39.8 Å². The van der Waals surface area contributed by atoms with Crippen molar-refractivity contribution in [1.29, 1.82) is 0 Å². The molecule has 0 saturated carbocycles. The standard InChI is InChI=1S/C17H28N2/c1-14-11-15(2)16(3)19(13-14)10-9-18-12-17-7-5-4-6-8-17/h4-8,14-16,18H,9-13H2,1-3H3. The molecule has 3 unspecified atom stereocenters. The van der Waals surface area contributed by atoms with E-state index in [2.05, 4.69) is 61.3 Å². The van der Waals surface area contributed by atoms with Crippen molar-refractivity contribution in [3.8, 4) is 0 Å². The van der Waals surface area contributed by atoms with Gasteiger partial charge in [-0.25, -0.2) is 0 Å². The predicted octanol–water partition coefficient (Wildman–Crippen LogP) is 3.14. The van der Waals surface area contributed by atoms with Gasteiger partial charge in [-0.05, 0) is 30.7 Å². The van der Waals surface area contributed by atoms with E-state index >= 15 is 0 Å². The Morgan fingerprint density at radius 3 is 2.63 bits per heavy atom. The zero-order valence-electron chi connectivity index (χ0n) is 12.6. The van der Waals surface area contributed by atoms with Gasteiger partial charge in [-0.1, -0.05) is 44.2 Å². The fourth-order valence-corrected chi connectivity index (χ4v) is 3.18. The molecule has 1 aliphatic rings. The molecule has 2 heteroatoms. The Labute approximate surface area is 118 Å². The fraction of sp³-hybridized carbons (Fsp3) is 0.647. The lowest BCUT2D eigenvalue weighted by atomic mass is 9.86. The van der Waals surface area contributed by atoms with Crippen molar-refractivity contribution in [1.82, 2.24) is 10.2 Å². The second kappa shape index (κ2) is 7.06. The molecule has 19 heavy (non-hydrogen) atoms. The van der Waals surface area contributed by atoms with Crippen molar-refractivity contribution < 1.29 is 0 Å². The number of hydrogen-bond donors (Lipinski definition) is 1. The number of benzene rings is 1. The minimum Gasteiger partial charge on any atom is -0.311 e. The van der Waals surface area contributed by atoms with Crippen LogP contribution in [0.1, 0.15) is 32.8 Å². The van der Waals surface area contributed by atoms with Crippen LogP contribution in [0, 0.1) is 11.8 Å². The van der Waals surface area contributed by atoms with Crippen molar-refractivity contribution in [3.63, 3.8) is 0 Å². The van der Waals surface area contributed by atoms with Crippen LogP contribution >= 0.6 is 0 Å². The molecule has 1 aliphatic heterocycles. The van der Waals surface area contributed by atoms with E-state index in [0.29, 0.717) is 0 Å². The maximum absolute atomic E-state index is 3.56. The first kappa shape index (κ1) is 14.5. The Morgan fingerprint density at radius 2 is 1.89 bits per heavy atom. The topological polar surface area (TPSA) is 15.3 Å². The van der Waals surface area contributed by atoms with Gasteiger partial charge in [-0.3, -0.25) is 4.90 Å². The lowest BCUT2D eigenvalue weighted by Gasteiger charge is -2.41.